The van der Waals surface area contributed by atoms with Crippen LogP contribution in [0.15, 0.2) is 47.8 Å². The molecule has 1 heterocycles. The second-order valence-electron chi connectivity index (χ2n) is 5.53. The number of hydrogen-bond acceptors (Lipinski definition) is 3. The van der Waals surface area contributed by atoms with Crippen molar-refractivity contribution in [2.24, 2.45) is 0 Å². The molecular formula is C18H24N3O2S+. The van der Waals surface area contributed by atoms with E-state index < -0.39 is 6.04 Å². The number of carbonyl (C=O) groups is 2. The summed E-state index contributed by atoms with van der Waals surface area (Å²) in [7, 11) is 0. The van der Waals surface area contributed by atoms with E-state index in [1.807, 2.05) is 41.9 Å². The van der Waals surface area contributed by atoms with Gasteiger partial charge < -0.3 is 16.0 Å². The lowest BCUT2D eigenvalue weighted by Gasteiger charge is -2.16. The van der Waals surface area contributed by atoms with Crippen molar-refractivity contribution in [2.75, 3.05) is 13.1 Å². The van der Waals surface area contributed by atoms with Gasteiger partial charge in [0.15, 0.2) is 6.54 Å². The molecule has 2 atom stereocenters. The molecule has 0 aliphatic heterocycles. The molecule has 0 spiro atoms. The van der Waals surface area contributed by atoms with Gasteiger partial charge in [0.05, 0.1) is 4.88 Å². The highest BCUT2D eigenvalue weighted by Crippen LogP contribution is 2.22. The predicted molar refractivity (Wildman–Crippen MR) is 95.7 cm³/mol. The zero-order chi connectivity index (χ0) is 17.4. The Morgan fingerprint density at radius 3 is 2.54 bits per heavy atom. The molecule has 4 N–H and O–H groups in total. The molecule has 128 valence electrons. The summed E-state index contributed by atoms with van der Waals surface area (Å²) in [5.74, 6) is -0.310. The number of rotatable bonds is 8. The van der Waals surface area contributed by atoms with E-state index in [1.54, 1.807) is 18.3 Å². The summed E-state index contributed by atoms with van der Waals surface area (Å²) >= 11 is 1.68. The number of benzene rings is 1. The van der Waals surface area contributed by atoms with Crippen LogP contribution in [0, 0.1) is 0 Å². The van der Waals surface area contributed by atoms with Gasteiger partial charge >= 0.3 is 0 Å². The van der Waals surface area contributed by atoms with Crippen molar-refractivity contribution in [3.05, 3.63) is 58.3 Å². The third-order valence-corrected chi connectivity index (χ3v) is 4.62. The predicted octanol–water partition coefficient (Wildman–Crippen LogP) is 1.04. The standard InChI is InChI=1S/C18H23N3O2S/c1-3-19-18(23)13(2)21-16(22)12-20-17(15-10-7-11-24-15)14-8-5-4-6-9-14/h4-11,13,17,20H,3,12H2,1-2H3,(H,19,23)(H,21,22)/p+1/t13-,17+/m1/s1. The first-order valence-corrected chi connectivity index (χ1v) is 8.98. The SMILES string of the molecule is CCNC(=O)[C@@H](C)NC(=O)C[NH2+][C@@H](c1ccccc1)c1cccs1. The Labute approximate surface area is 146 Å². The number of hydrogen-bond donors (Lipinski definition) is 3. The van der Waals surface area contributed by atoms with Crippen molar-refractivity contribution in [2.45, 2.75) is 25.9 Å². The molecule has 24 heavy (non-hydrogen) atoms. The summed E-state index contributed by atoms with van der Waals surface area (Å²) in [6.07, 6.45) is 0. The lowest BCUT2D eigenvalue weighted by atomic mass is 10.1. The molecule has 0 unspecified atom stereocenters. The maximum atomic E-state index is 12.1. The number of amides is 2. The monoisotopic (exact) mass is 346 g/mol. The van der Waals surface area contributed by atoms with Crippen molar-refractivity contribution in [3.8, 4) is 0 Å². The van der Waals surface area contributed by atoms with Crippen LogP contribution in [0.25, 0.3) is 0 Å². The van der Waals surface area contributed by atoms with Crippen LogP contribution in [0.4, 0.5) is 0 Å². The van der Waals surface area contributed by atoms with Crippen molar-refractivity contribution >= 4 is 23.2 Å². The maximum absolute atomic E-state index is 12.1. The Kier molecular flexibility index (Phi) is 6.96. The highest BCUT2D eigenvalue weighted by Gasteiger charge is 2.21. The summed E-state index contributed by atoms with van der Waals surface area (Å²) < 4.78 is 0. The van der Waals surface area contributed by atoms with Crippen LogP contribution in [0.3, 0.4) is 0 Å². The fourth-order valence-electron chi connectivity index (χ4n) is 2.46. The number of quaternary nitrogens is 1. The van der Waals surface area contributed by atoms with Gasteiger partial charge in [-0.1, -0.05) is 36.4 Å². The molecule has 0 saturated carbocycles. The van der Waals surface area contributed by atoms with E-state index in [0.717, 1.165) is 5.56 Å². The smallest absolute Gasteiger partial charge is 0.275 e. The minimum atomic E-state index is -0.525. The average Bonchev–Trinajstić information content (AvgIpc) is 3.10. The molecule has 0 fully saturated rings. The van der Waals surface area contributed by atoms with Crippen LogP contribution in [0.5, 0.6) is 0 Å². The highest BCUT2D eigenvalue weighted by atomic mass is 32.1. The van der Waals surface area contributed by atoms with Gasteiger partial charge in [0.2, 0.25) is 5.91 Å². The van der Waals surface area contributed by atoms with E-state index in [-0.39, 0.29) is 24.4 Å². The number of thiophene rings is 1. The number of nitrogens with one attached hydrogen (secondary N) is 2. The van der Waals surface area contributed by atoms with Crippen LogP contribution in [-0.4, -0.2) is 30.9 Å². The average molecular weight is 346 g/mol. The van der Waals surface area contributed by atoms with Crippen LogP contribution in [-0.2, 0) is 9.59 Å². The third-order valence-electron chi connectivity index (χ3n) is 3.67. The second kappa shape index (κ2) is 9.20. The lowest BCUT2D eigenvalue weighted by Crippen LogP contribution is -2.87. The second-order valence-corrected chi connectivity index (χ2v) is 6.51. The summed E-state index contributed by atoms with van der Waals surface area (Å²) in [5, 5.41) is 9.48. The minimum absolute atomic E-state index is 0.0803. The van der Waals surface area contributed by atoms with Crippen molar-refractivity contribution < 1.29 is 14.9 Å². The van der Waals surface area contributed by atoms with Gasteiger partial charge in [-0.2, -0.15) is 0 Å². The fourth-order valence-corrected chi connectivity index (χ4v) is 3.31. The van der Waals surface area contributed by atoms with Crippen LogP contribution >= 0.6 is 11.3 Å². The zero-order valence-corrected chi connectivity index (χ0v) is 14.8. The molecule has 0 aliphatic rings. The molecule has 6 heteroatoms. The zero-order valence-electron chi connectivity index (χ0n) is 14.0. The lowest BCUT2D eigenvalue weighted by molar-refractivity contribution is -0.676. The van der Waals surface area contributed by atoms with Gasteiger partial charge in [-0.05, 0) is 25.3 Å². The van der Waals surface area contributed by atoms with E-state index in [0.29, 0.717) is 6.54 Å². The van der Waals surface area contributed by atoms with Crippen LogP contribution in [0.2, 0.25) is 0 Å². The van der Waals surface area contributed by atoms with E-state index in [4.69, 9.17) is 0 Å². The Morgan fingerprint density at radius 2 is 1.92 bits per heavy atom. The topological polar surface area (TPSA) is 74.8 Å². The molecule has 2 aromatic rings. The Balaban J connectivity index is 1.96. The van der Waals surface area contributed by atoms with Gasteiger partial charge in [-0.15, -0.1) is 11.3 Å². The fraction of sp³-hybridized carbons (Fsp3) is 0.333. The number of likely N-dealkylation sites (N-methyl/N-ethyl adjacent to an activating group) is 1. The molecule has 1 aromatic carbocycles. The highest BCUT2D eigenvalue weighted by molar-refractivity contribution is 7.10. The van der Waals surface area contributed by atoms with E-state index in [2.05, 4.69) is 28.8 Å². The Hall–Kier alpha value is -2.18. The van der Waals surface area contributed by atoms with Gasteiger partial charge in [-0.25, -0.2) is 0 Å². The maximum Gasteiger partial charge on any atom is 0.275 e. The summed E-state index contributed by atoms with van der Waals surface area (Å²) in [4.78, 5) is 25.0. The first kappa shape index (κ1) is 18.2. The van der Waals surface area contributed by atoms with Gasteiger partial charge in [0, 0.05) is 12.1 Å². The summed E-state index contributed by atoms with van der Waals surface area (Å²) in [6.45, 7) is 4.36. The van der Waals surface area contributed by atoms with Crippen molar-refractivity contribution in [1.29, 1.82) is 0 Å². The molecular weight excluding hydrogens is 322 g/mol. The van der Waals surface area contributed by atoms with Crippen molar-refractivity contribution in [3.63, 3.8) is 0 Å². The van der Waals surface area contributed by atoms with Gasteiger partial charge in [-0.3, -0.25) is 9.59 Å². The molecule has 0 saturated heterocycles. The van der Waals surface area contributed by atoms with E-state index in [1.165, 1.54) is 4.88 Å². The van der Waals surface area contributed by atoms with Gasteiger partial charge in [0.25, 0.3) is 5.91 Å². The summed E-state index contributed by atoms with van der Waals surface area (Å²) in [5.41, 5.74) is 1.16. The molecule has 2 amide bonds. The molecule has 1 aromatic heterocycles. The summed E-state index contributed by atoms with van der Waals surface area (Å²) in [6, 6.07) is 13.8. The number of carbonyl (C=O) groups excluding carboxylic acids is 2. The van der Waals surface area contributed by atoms with Crippen LogP contribution < -0.4 is 16.0 Å². The number of nitrogens with two attached hydrogens (primary N) is 1. The largest absolute Gasteiger partial charge is 0.355 e. The van der Waals surface area contributed by atoms with Crippen molar-refractivity contribution in [1.82, 2.24) is 10.6 Å². The van der Waals surface area contributed by atoms with E-state index >= 15 is 0 Å². The quantitative estimate of drug-likeness (QED) is 0.668. The third kappa shape index (κ3) is 5.18. The van der Waals surface area contributed by atoms with E-state index in [9.17, 15) is 9.59 Å². The first-order chi connectivity index (χ1) is 11.6. The minimum Gasteiger partial charge on any atom is -0.355 e. The molecule has 5 nitrogen and oxygen atoms in total. The van der Waals surface area contributed by atoms with Crippen LogP contribution in [0.1, 0.15) is 30.3 Å². The van der Waals surface area contributed by atoms with Gasteiger partial charge in [0.1, 0.15) is 12.1 Å². The molecule has 0 bridgehead atoms. The Morgan fingerprint density at radius 1 is 1.17 bits per heavy atom. The first-order valence-electron chi connectivity index (χ1n) is 8.10. The normalized spacial score (nSPS) is 13.1. The molecule has 0 aliphatic carbocycles. The molecule has 0 radical (unpaired) electrons. The Bertz CT molecular complexity index is 644. The molecule has 2 rings (SSSR count).